The number of nitrogens with zero attached hydrogens (tertiary/aromatic N) is 4. The topological polar surface area (TPSA) is 181 Å². The number of phenols is 1. The van der Waals surface area contributed by atoms with Crippen LogP contribution in [0.15, 0.2) is 23.3 Å². The molecule has 14 heteroatoms. The molecule has 0 unspecified atom stereocenters. The predicted molar refractivity (Wildman–Crippen MR) is 104 cm³/mol. The van der Waals surface area contributed by atoms with E-state index in [1.165, 1.54) is 18.0 Å². The molecule has 0 radical (unpaired) electrons. The van der Waals surface area contributed by atoms with Crippen molar-refractivity contribution in [3.8, 4) is 11.5 Å². The first-order chi connectivity index (χ1) is 14.2. The molecule has 0 atom stereocenters. The van der Waals surface area contributed by atoms with Crippen molar-refractivity contribution in [3.63, 3.8) is 0 Å². The van der Waals surface area contributed by atoms with Gasteiger partial charge in [-0.3, -0.25) is 9.35 Å². The summed E-state index contributed by atoms with van der Waals surface area (Å²) in [5.74, 6) is -1.57. The average molecular weight is 448 g/mol. The standard InChI is InChI=1S/C16H24N4O9S/c1-20(5-7-27-9-11-28-10-8-26-6-4-18-19-17)16(22)13-2-3-14(21)15(12-13)29-30(23,24)25/h2-3,12,21H,4-11H2,1H3,(H,23,24,25). The van der Waals surface area contributed by atoms with Gasteiger partial charge in [-0.1, -0.05) is 5.11 Å². The molecule has 1 rings (SSSR count). The van der Waals surface area contributed by atoms with Crippen molar-refractivity contribution in [2.75, 3.05) is 59.8 Å². The molecule has 0 fully saturated rings. The predicted octanol–water partition coefficient (Wildman–Crippen LogP) is 1.01. The third-order valence-corrected chi connectivity index (χ3v) is 3.85. The van der Waals surface area contributed by atoms with E-state index in [2.05, 4.69) is 14.2 Å². The van der Waals surface area contributed by atoms with E-state index in [-0.39, 0.29) is 25.3 Å². The first kappa shape index (κ1) is 25.4. The van der Waals surface area contributed by atoms with Crippen molar-refractivity contribution in [2.24, 2.45) is 5.11 Å². The molecule has 0 aliphatic rings. The van der Waals surface area contributed by atoms with Crippen LogP contribution in [-0.2, 0) is 24.6 Å². The third kappa shape index (κ3) is 10.8. The van der Waals surface area contributed by atoms with E-state index in [4.69, 9.17) is 24.3 Å². The fourth-order valence-corrected chi connectivity index (χ4v) is 2.40. The number of amides is 1. The Morgan fingerprint density at radius 1 is 1.13 bits per heavy atom. The first-order valence-electron chi connectivity index (χ1n) is 8.74. The maximum absolute atomic E-state index is 12.4. The second kappa shape index (κ2) is 13.6. The molecule has 0 aromatic heterocycles. The number of benzene rings is 1. The molecule has 0 aliphatic carbocycles. The molecule has 0 saturated heterocycles. The number of hydrogen-bond acceptors (Lipinski definition) is 9. The van der Waals surface area contributed by atoms with Crippen molar-refractivity contribution in [1.29, 1.82) is 0 Å². The van der Waals surface area contributed by atoms with Crippen molar-refractivity contribution in [1.82, 2.24) is 4.90 Å². The number of azide groups is 1. The maximum atomic E-state index is 12.4. The Kier molecular flexibility index (Phi) is 11.5. The summed E-state index contributed by atoms with van der Waals surface area (Å²) < 4.78 is 50.3. The van der Waals surface area contributed by atoms with Gasteiger partial charge in [-0.25, -0.2) is 0 Å². The van der Waals surface area contributed by atoms with Gasteiger partial charge in [0, 0.05) is 30.6 Å². The number of rotatable bonds is 15. The van der Waals surface area contributed by atoms with Crippen LogP contribution in [0.5, 0.6) is 11.5 Å². The molecular formula is C16H24N4O9S. The van der Waals surface area contributed by atoms with Crippen molar-refractivity contribution in [3.05, 3.63) is 34.2 Å². The lowest BCUT2D eigenvalue weighted by Crippen LogP contribution is -2.30. The largest absolute Gasteiger partial charge is 0.504 e. The van der Waals surface area contributed by atoms with Crippen LogP contribution in [0.4, 0.5) is 0 Å². The lowest BCUT2D eigenvalue weighted by Gasteiger charge is -2.18. The van der Waals surface area contributed by atoms with Gasteiger partial charge >= 0.3 is 10.4 Å². The molecule has 1 aromatic carbocycles. The van der Waals surface area contributed by atoms with Crippen LogP contribution in [-0.4, -0.2) is 88.7 Å². The van der Waals surface area contributed by atoms with Crippen LogP contribution in [0.3, 0.4) is 0 Å². The van der Waals surface area contributed by atoms with Crippen LogP contribution < -0.4 is 4.18 Å². The molecule has 0 spiro atoms. The highest BCUT2D eigenvalue weighted by Crippen LogP contribution is 2.28. The van der Waals surface area contributed by atoms with Gasteiger partial charge in [0.1, 0.15) is 0 Å². The fraction of sp³-hybridized carbons (Fsp3) is 0.562. The zero-order valence-electron chi connectivity index (χ0n) is 16.3. The van der Waals surface area contributed by atoms with Gasteiger partial charge in [0.05, 0.1) is 39.6 Å². The number of aromatic hydroxyl groups is 1. The van der Waals surface area contributed by atoms with Crippen molar-refractivity contribution in [2.45, 2.75) is 0 Å². The molecule has 0 saturated carbocycles. The summed E-state index contributed by atoms with van der Waals surface area (Å²) in [6.07, 6.45) is 0. The molecule has 13 nitrogen and oxygen atoms in total. The van der Waals surface area contributed by atoms with Crippen molar-refractivity contribution < 1.29 is 41.3 Å². The normalized spacial score (nSPS) is 11.0. The SMILES string of the molecule is CN(CCOCCOCCOCCN=[N+]=[N-])C(=O)c1ccc(O)c(OS(=O)(=O)O)c1. The van der Waals surface area contributed by atoms with Crippen LogP contribution in [0.1, 0.15) is 10.4 Å². The Bertz CT molecular complexity index is 828. The first-order valence-corrected chi connectivity index (χ1v) is 10.1. The molecule has 0 bridgehead atoms. The number of ether oxygens (including phenoxy) is 3. The maximum Gasteiger partial charge on any atom is 0.446 e. The molecule has 30 heavy (non-hydrogen) atoms. The minimum Gasteiger partial charge on any atom is -0.504 e. The zero-order valence-corrected chi connectivity index (χ0v) is 17.2. The summed E-state index contributed by atoms with van der Waals surface area (Å²) in [6, 6.07) is 3.37. The number of phenolic OH excluding ortho intramolecular Hbond substituents is 1. The second-order valence-electron chi connectivity index (χ2n) is 5.71. The number of hydrogen-bond donors (Lipinski definition) is 2. The Hall–Kier alpha value is -2.61. The summed E-state index contributed by atoms with van der Waals surface area (Å²) in [7, 11) is -3.32. The fourth-order valence-electron chi connectivity index (χ4n) is 2.04. The lowest BCUT2D eigenvalue weighted by molar-refractivity contribution is 0.0129. The Morgan fingerprint density at radius 3 is 2.33 bits per heavy atom. The highest BCUT2D eigenvalue weighted by atomic mass is 32.3. The summed E-state index contributed by atoms with van der Waals surface area (Å²) in [5.41, 5.74) is 8.14. The summed E-state index contributed by atoms with van der Waals surface area (Å²) in [6.45, 7) is 2.47. The molecule has 0 aliphatic heterocycles. The minimum absolute atomic E-state index is 0.0535. The van der Waals surface area contributed by atoms with E-state index < -0.39 is 27.8 Å². The van der Waals surface area contributed by atoms with Gasteiger partial charge in [-0.05, 0) is 23.7 Å². The minimum atomic E-state index is -4.84. The Balaban J connectivity index is 2.26. The molecule has 0 heterocycles. The van der Waals surface area contributed by atoms with E-state index in [1.807, 2.05) is 0 Å². The third-order valence-electron chi connectivity index (χ3n) is 3.46. The summed E-state index contributed by atoms with van der Waals surface area (Å²) >= 11 is 0. The molecule has 168 valence electrons. The summed E-state index contributed by atoms with van der Waals surface area (Å²) in [4.78, 5) is 16.3. The lowest BCUT2D eigenvalue weighted by atomic mass is 10.2. The quantitative estimate of drug-likeness (QED) is 0.130. The van der Waals surface area contributed by atoms with Crippen LogP contribution in [0.25, 0.3) is 10.4 Å². The van der Waals surface area contributed by atoms with Gasteiger partial charge in [0.2, 0.25) is 0 Å². The van der Waals surface area contributed by atoms with Crippen LogP contribution in [0, 0.1) is 0 Å². The van der Waals surface area contributed by atoms with E-state index >= 15 is 0 Å². The second-order valence-corrected chi connectivity index (χ2v) is 6.73. The molecule has 1 amide bonds. The Morgan fingerprint density at radius 2 is 1.73 bits per heavy atom. The monoisotopic (exact) mass is 448 g/mol. The number of likely N-dealkylation sites (N-methyl/N-ethyl adjacent to an activating group) is 1. The van der Waals surface area contributed by atoms with Crippen molar-refractivity contribution >= 4 is 16.3 Å². The van der Waals surface area contributed by atoms with E-state index in [9.17, 15) is 18.3 Å². The highest BCUT2D eigenvalue weighted by Gasteiger charge is 2.17. The van der Waals surface area contributed by atoms with E-state index in [0.717, 1.165) is 12.1 Å². The molecule has 1 aromatic rings. The summed E-state index contributed by atoms with van der Waals surface area (Å²) in [5, 5.41) is 12.9. The van der Waals surface area contributed by atoms with Gasteiger partial charge < -0.3 is 28.4 Å². The van der Waals surface area contributed by atoms with Crippen LogP contribution in [0.2, 0.25) is 0 Å². The van der Waals surface area contributed by atoms with Gasteiger partial charge in [-0.15, -0.1) is 0 Å². The van der Waals surface area contributed by atoms with Gasteiger partial charge in [0.25, 0.3) is 5.91 Å². The number of carbonyl (C=O) groups is 1. The number of carbonyl (C=O) groups excluding carboxylic acids is 1. The smallest absolute Gasteiger partial charge is 0.446 e. The van der Waals surface area contributed by atoms with E-state index in [0.29, 0.717) is 33.0 Å². The Labute approximate surface area is 173 Å². The van der Waals surface area contributed by atoms with Gasteiger partial charge in [-0.2, -0.15) is 8.42 Å². The average Bonchev–Trinajstić information content (AvgIpc) is 2.68. The van der Waals surface area contributed by atoms with Crippen LogP contribution >= 0.6 is 0 Å². The molecule has 2 N–H and O–H groups in total. The zero-order chi connectivity index (χ0) is 22.4. The van der Waals surface area contributed by atoms with E-state index in [1.54, 1.807) is 0 Å². The highest BCUT2D eigenvalue weighted by molar-refractivity contribution is 7.81. The molecular weight excluding hydrogens is 424 g/mol. The van der Waals surface area contributed by atoms with Gasteiger partial charge in [0.15, 0.2) is 11.5 Å².